The molecule has 178 valence electrons. The van der Waals surface area contributed by atoms with Crippen molar-refractivity contribution in [1.29, 1.82) is 0 Å². The Morgan fingerprint density at radius 1 is 1.19 bits per heavy atom. The van der Waals surface area contributed by atoms with Gasteiger partial charge in [-0.05, 0) is 83.5 Å². The van der Waals surface area contributed by atoms with Crippen molar-refractivity contribution < 1.29 is 19.7 Å². The molecule has 3 aliphatic rings. The van der Waals surface area contributed by atoms with Crippen molar-refractivity contribution >= 4 is 5.91 Å². The second-order valence-electron chi connectivity index (χ2n) is 10.7. The zero-order valence-electron chi connectivity index (χ0n) is 19.9. The number of piperidine rings is 1. The first-order valence-corrected chi connectivity index (χ1v) is 12.3. The van der Waals surface area contributed by atoms with E-state index >= 15 is 0 Å². The lowest BCUT2D eigenvalue weighted by Crippen LogP contribution is -2.59. The summed E-state index contributed by atoms with van der Waals surface area (Å²) in [6, 6.07) is 10.2. The van der Waals surface area contributed by atoms with E-state index in [1.807, 2.05) is 24.9 Å². The molecule has 1 amide bonds. The number of benzene rings is 1. The zero-order chi connectivity index (χ0) is 22.9. The van der Waals surface area contributed by atoms with Crippen LogP contribution in [0.1, 0.15) is 63.4 Å². The predicted octanol–water partition coefficient (Wildman–Crippen LogP) is 2.78. The van der Waals surface area contributed by atoms with E-state index in [0.717, 1.165) is 38.8 Å². The Bertz CT molecular complexity index is 781. The molecule has 3 aliphatic heterocycles. The van der Waals surface area contributed by atoms with Crippen molar-refractivity contribution in [2.24, 2.45) is 5.92 Å². The summed E-state index contributed by atoms with van der Waals surface area (Å²) in [4.78, 5) is 17.5. The van der Waals surface area contributed by atoms with Crippen LogP contribution in [0, 0.1) is 5.92 Å². The number of aliphatic hydroxyl groups is 2. The van der Waals surface area contributed by atoms with Gasteiger partial charge in [-0.3, -0.25) is 4.79 Å². The first-order valence-electron chi connectivity index (χ1n) is 12.3. The molecule has 2 bridgehead atoms. The van der Waals surface area contributed by atoms with E-state index in [0.29, 0.717) is 19.3 Å². The van der Waals surface area contributed by atoms with Crippen molar-refractivity contribution in [2.75, 3.05) is 33.8 Å². The van der Waals surface area contributed by atoms with Crippen LogP contribution in [0.5, 0.6) is 0 Å². The fourth-order valence-electron chi connectivity index (χ4n) is 6.45. The van der Waals surface area contributed by atoms with E-state index in [-0.39, 0.29) is 30.4 Å². The number of likely N-dealkylation sites (tertiary alicyclic amines) is 1. The standard InChI is InChI=1S/C26H40N2O4/c1-25-17-21(19-7-5-4-6-8-19)18-26(32-25,13-16-29)12-9-22(23(25)30)28(3)24(31)20-10-14-27(2)15-11-20/h4-8,20-23,29-30H,9-18H2,1-3H3/t21-,22+,23-,25+,26-/m1/s1. The van der Waals surface area contributed by atoms with Crippen LogP contribution >= 0.6 is 0 Å². The molecule has 32 heavy (non-hydrogen) atoms. The first kappa shape index (κ1) is 23.7. The smallest absolute Gasteiger partial charge is 0.225 e. The van der Waals surface area contributed by atoms with Gasteiger partial charge in [0.2, 0.25) is 5.91 Å². The summed E-state index contributed by atoms with van der Waals surface area (Å²) in [7, 11) is 3.96. The molecule has 0 aliphatic carbocycles. The topological polar surface area (TPSA) is 73.2 Å². The fourth-order valence-corrected chi connectivity index (χ4v) is 6.45. The third kappa shape index (κ3) is 4.60. The molecule has 5 atom stereocenters. The highest BCUT2D eigenvalue weighted by atomic mass is 16.5. The highest BCUT2D eigenvalue weighted by Gasteiger charge is 2.55. The largest absolute Gasteiger partial charge is 0.396 e. The van der Waals surface area contributed by atoms with Gasteiger partial charge in [0, 0.05) is 19.6 Å². The summed E-state index contributed by atoms with van der Waals surface area (Å²) in [5.41, 5.74) is 0.0111. The Morgan fingerprint density at radius 3 is 2.53 bits per heavy atom. The highest BCUT2D eigenvalue weighted by molar-refractivity contribution is 5.79. The molecule has 6 nitrogen and oxygen atoms in total. The Kier molecular flexibility index (Phi) is 6.97. The molecule has 0 saturated carbocycles. The highest BCUT2D eigenvalue weighted by Crippen LogP contribution is 2.51. The minimum absolute atomic E-state index is 0.0308. The van der Waals surface area contributed by atoms with Gasteiger partial charge in [0.05, 0.1) is 17.2 Å². The van der Waals surface area contributed by atoms with Crippen LogP contribution in [0.2, 0.25) is 0 Å². The Hall–Kier alpha value is -1.47. The van der Waals surface area contributed by atoms with Gasteiger partial charge in [0.15, 0.2) is 0 Å². The molecule has 0 unspecified atom stereocenters. The normalized spacial score (nSPS) is 36.5. The van der Waals surface area contributed by atoms with Gasteiger partial charge in [0.1, 0.15) is 6.10 Å². The number of carbonyl (C=O) groups is 1. The predicted molar refractivity (Wildman–Crippen MR) is 124 cm³/mol. The van der Waals surface area contributed by atoms with Gasteiger partial charge < -0.3 is 24.7 Å². The molecule has 0 aromatic heterocycles. The number of carbonyl (C=O) groups excluding carboxylic acids is 1. The molecule has 1 aromatic rings. The van der Waals surface area contributed by atoms with Gasteiger partial charge in [0.25, 0.3) is 0 Å². The Balaban J connectivity index is 1.59. The monoisotopic (exact) mass is 444 g/mol. The Morgan fingerprint density at radius 2 is 1.88 bits per heavy atom. The third-order valence-corrected chi connectivity index (χ3v) is 8.36. The number of hydrogen-bond donors (Lipinski definition) is 2. The molecule has 3 saturated heterocycles. The number of nitrogens with zero attached hydrogens (tertiary/aromatic N) is 2. The molecule has 2 N–H and O–H groups in total. The maximum absolute atomic E-state index is 13.4. The van der Waals surface area contributed by atoms with Crippen LogP contribution in [-0.4, -0.2) is 83.1 Å². The molecular formula is C26H40N2O4. The average Bonchev–Trinajstić information content (AvgIpc) is 2.86. The van der Waals surface area contributed by atoms with Crippen molar-refractivity contribution in [3.63, 3.8) is 0 Å². The van der Waals surface area contributed by atoms with Gasteiger partial charge in [-0.1, -0.05) is 30.3 Å². The summed E-state index contributed by atoms with van der Waals surface area (Å²) in [5.74, 6) is 0.436. The number of amides is 1. The summed E-state index contributed by atoms with van der Waals surface area (Å²) in [6.45, 7) is 3.95. The molecular weight excluding hydrogens is 404 g/mol. The van der Waals surface area contributed by atoms with Crippen LogP contribution in [0.3, 0.4) is 0 Å². The van der Waals surface area contributed by atoms with Crippen molar-refractivity contribution in [2.45, 2.75) is 81.1 Å². The molecule has 0 radical (unpaired) electrons. The minimum atomic E-state index is -0.769. The van der Waals surface area contributed by atoms with Crippen LogP contribution in [0.4, 0.5) is 0 Å². The maximum atomic E-state index is 13.4. The zero-order valence-corrected chi connectivity index (χ0v) is 19.9. The molecule has 4 rings (SSSR count). The van der Waals surface area contributed by atoms with Gasteiger partial charge in [-0.15, -0.1) is 0 Å². The van der Waals surface area contributed by atoms with E-state index in [1.165, 1.54) is 5.56 Å². The SMILES string of the molecule is CN1CCC(C(=O)N(C)[C@H]2CC[C@@]3(CCO)C[C@H](c4ccccc4)C[C@](C)(O3)[C@@H]2O)CC1. The van der Waals surface area contributed by atoms with Crippen LogP contribution in [0.25, 0.3) is 0 Å². The molecule has 6 heteroatoms. The quantitative estimate of drug-likeness (QED) is 0.731. The number of likely N-dealkylation sites (N-methyl/N-ethyl adjacent to an activating group) is 1. The van der Waals surface area contributed by atoms with Crippen LogP contribution in [0.15, 0.2) is 30.3 Å². The van der Waals surface area contributed by atoms with Gasteiger partial charge in [-0.2, -0.15) is 0 Å². The number of rotatable bonds is 5. The van der Waals surface area contributed by atoms with Gasteiger partial charge >= 0.3 is 0 Å². The lowest BCUT2D eigenvalue weighted by Gasteiger charge is -2.51. The second kappa shape index (κ2) is 9.41. The van der Waals surface area contributed by atoms with E-state index in [2.05, 4.69) is 36.2 Å². The molecule has 3 heterocycles. The van der Waals surface area contributed by atoms with E-state index < -0.39 is 17.3 Å². The fraction of sp³-hybridized carbons (Fsp3) is 0.731. The number of hydrogen-bond acceptors (Lipinski definition) is 5. The van der Waals surface area contributed by atoms with Crippen LogP contribution in [-0.2, 0) is 9.53 Å². The third-order valence-electron chi connectivity index (χ3n) is 8.36. The number of fused-ring (bicyclic) bond motifs is 2. The minimum Gasteiger partial charge on any atom is -0.396 e. The summed E-state index contributed by atoms with van der Waals surface area (Å²) >= 11 is 0. The second-order valence-corrected chi connectivity index (χ2v) is 10.7. The first-order chi connectivity index (χ1) is 15.3. The number of ether oxygens (including phenoxy) is 1. The van der Waals surface area contributed by atoms with Crippen molar-refractivity contribution in [1.82, 2.24) is 9.80 Å². The van der Waals surface area contributed by atoms with Crippen molar-refractivity contribution in [3.05, 3.63) is 35.9 Å². The lowest BCUT2D eigenvalue weighted by atomic mass is 9.73. The number of aliphatic hydroxyl groups excluding tert-OH is 2. The molecule has 1 aromatic carbocycles. The summed E-state index contributed by atoms with van der Waals surface area (Å²) < 4.78 is 6.69. The van der Waals surface area contributed by atoms with E-state index in [1.54, 1.807) is 0 Å². The van der Waals surface area contributed by atoms with E-state index in [9.17, 15) is 15.0 Å². The summed E-state index contributed by atoms with van der Waals surface area (Å²) in [6.07, 6.45) is 4.50. The van der Waals surface area contributed by atoms with Crippen molar-refractivity contribution in [3.8, 4) is 0 Å². The van der Waals surface area contributed by atoms with Gasteiger partial charge in [-0.25, -0.2) is 0 Å². The lowest BCUT2D eigenvalue weighted by molar-refractivity contribution is -0.226. The van der Waals surface area contributed by atoms with Crippen LogP contribution < -0.4 is 0 Å². The molecule has 0 spiro atoms. The Labute approximate surface area is 192 Å². The average molecular weight is 445 g/mol. The van der Waals surface area contributed by atoms with E-state index in [4.69, 9.17) is 4.74 Å². The maximum Gasteiger partial charge on any atom is 0.225 e. The summed E-state index contributed by atoms with van der Waals surface area (Å²) in [5, 5.41) is 21.5. The molecule has 3 fully saturated rings.